The van der Waals surface area contributed by atoms with E-state index in [1.807, 2.05) is 26.8 Å². The Morgan fingerprint density at radius 2 is 2.14 bits per heavy atom. The Morgan fingerprint density at radius 1 is 1.36 bits per heavy atom. The molecule has 3 N–H and O–H groups in total. The molecular weight excluding hydrogens is 399 g/mol. The topological polar surface area (TPSA) is 90.9 Å². The number of rotatable bonds is 6. The average molecular weight is 421 g/mol. The minimum Gasteiger partial charge on any atom is -0.465 e. The molecule has 1 unspecified atom stereocenters. The van der Waals surface area contributed by atoms with E-state index in [0.29, 0.717) is 17.1 Å². The second-order valence-electron chi connectivity index (χ2n) is 7.32. The third-order valence-corrected chi connectivity index (χ3v) is 6.48. The highest BCUT2D eigenvalue weighted by Crippen LogP contribution is 2.42. The first-order valence-electron chi connectivity index (χ1n) is 8.64. The Bertz CT molecular complexity index is 951. The van der Waals surface area contributed by atoms with E-state index in [9.17, 15) is 14.3 Å². The van der Waals surface area contributed by atoms with Gasteiger partial charge in [0.15, 0.2) is 5.16 Å². The molecule has 0 aliphatic rings. The van der Waals surface area contributed by atoms with Crippen LogP contribution < -0.4 is 5.32 Å². The highest BCUT2D eigenvalue weighted by Gasteiger charge is 2.28. The molecule has 3 rings (SSSR count). The number of hydrogen-bond acceptors (Lipinski definition) is 5. The number of nitrogens with one attached hydrogen (secondary N) is 2. The number of aromatic nitrogens is 3. The normalized spacial score (nSPS) is 12.7. The zero-order valence-electron chi connectivity index (χ0n) is 15.7. The van der Waals surface area contributed by atoms with Crippen molar-refractivity contribution in [3.8, 4) is 11.1 Å². The maximum absolute atomic E-state index is 14.3. The number of nitrogens with zero attached hydrogens (tertiary/aromatic N) is 2. The minimum atomic E-state index is -1.06. The Balaban J connectivity index is 1.98. The maximum Gasteiger partial charge on any atom is 0.404 e. The zero-order valence-corrected chi connectivity index (χ0v) is 17.3. The van der Waals surface area contributed by atoms with Gasteiger partial charge in [0, 0.05) is 47.1 Å². The molecule has 0 aliphatic carbocycles. The number of hydrogen-bond donors (Lipinski definition) is 3. The fraction of sp³-hybridized carbons (Fsp3) is 0.316. The summed E-state index contributed by atoms with van der Waals surface area (Å²) in [6, 6.07) is 5.02. The van der Waals surface area contributed by atoms with Gasteiger partial charge in [0.25, 0.3) is 0 Å². The lowest BCUT2D eigenvalue weighted by Crippen LogP contribution is -2.44. The number of carbonyl (C=O) groups is 1. The molecule has 148 valence electrons. The fourth-order valence-electron chi connectivity index (χ4n) is 2.69. The van der Waals surface area contributed by atoms with E-state index in [0.717, 1.165) is 14.6 Å². The van der Waals surface area contributed by atoms with Crippen LogP contribution in [0.25, 0.3) is 11.1 Å². The molecule has 0 aromatic carbocycles. The molecule has 0 saturated heterocycles. The number of imidazole rings is 1. The SMILES string of the molecule is CC(C)(C)C(Cc1cc(-c2cccnc2F)c(Sc2ncc[nH]2)s1)NC(=O)O. The van der Waals surface area contributed by atoms with E-state index in [-0.39, 0.29) is 11.5 Å². The molecule has 3 heterocycles. The molecule has 0 bridgehead atoms. The summed E-state index contributed by atoms with van der Waals surface area (Å²) >= 11 is 2.92. The third-order valence-electron chi connectivity index (χ3n) is 4.21. The Labute approximate surface area is 170 Å². The molecule has 0 spiro atoms. The highest BCUT2D eigenvalue weighted by molar-refractivity contribution is 8.01. The van der Waals surface area contributed by atoms with Gasteiger partial charge in [0.05, 0.1) is 4.21 Å². The molecule has 0 fully saturated rings. The molecule has 0 aliphatic heterocycles. The number of H-pyrrole nitrogens is 1. The summed E-state index contributed by atoms with van der Waals surface area (Å²) in [5.41, 5.74) is 0.878. The lowest BCUT2D eigenvalue weighted by molar-refractivity contribution is 0.174. The van der Waals surface area contributed by atoms with Gasteiger partial charge in [0.2, 0.25) is 5.95 Å². The average Bonchev–Trinajstić information content (AvgIpc) is 3.24. The molecule has 1 amide bonds. The van der Waals surface area contributed by atoms with Crippen molar-refractivity contribution < 1.29 is 14.3 Å². The molecule has 0 radical (unpaired) electrons. The molecule has 9 heteroatoms. The lowest BCUT2D eigenvalue weighted by Gasteiger charge is -2.30. The summed E-state index contributed by atoms with van der Waals surface area (Å²) in [4.78, 5) is 23.2. The first-order chi connectivity index (χ1) is 13.2. The number of carboxylic acid groups (broad SMARTS) is 1. The van der Waals surface area contributed by atoms with Crippen LogP contribution in [0.3, 0.4) is 0 Å². The van der Waals surface area contributed by atoms with Crippen LogP contribution in [0.1, 0.15) is 25.6 Å². The smallest absolute Gasteiger partial charge is 0.404 e. The van der Waals surface area contributed by atoms with Gasteiger partial charge in [-0.05, 0) is 35.4 Å². The maximum atomic E-state index is 14.3. The number of thiophene rings is 1. The first kappa shape index (κ1) is 20.3. The minimum absolute atomic E-state index is 0.267. The van der Waals surface area contributed by atoms with Crippen LogP contribution >= 0.6 is 23.1 Å². The van der Waals surface area contributed by atoms with Gasteiger partial charge in [-0.1, -0.05) is 20.8 Å². The van der Waals surface area contributed by atoms with Crippen molar-refractivity contribution in [1.29, 1.82) is 0 Å². The van der Waals surface area contributed by atoms with E-state index in [1.54, 1.807) is 24.5 Å². The Hall–Kier alpha value is -2.39. The Morgan fingerprint density at radius 3 is 2.75 bits per heavy atom. The molecular formula is C19H21FN4O2S2. The molecule has 6 nitrogen and oxygen atoms in total. The van der Waals surface area contributed by atoms with Gasteiger partial charge in [-0.3, -0.25) is 0 Å². The van der Waals surface area contributed by atoms with Crippen molar-refractivity contribution in [2.75, 3.05) is 0 Å². The van der Waals surface area contributed by atoms with Crippen LogP contribution in [0.15, 0.2) is 46.2 Å². The summed E-state index contributed by atoms with van der Waals surface area (Å²) in [5.74, 6) is -0.538. The van der Waals surface area contributed by atoms with Crippen LogP contribution in [0.2, 0.25) is 0 Å². The molecule has 0 saturated carbocycles. The fourth-order valence-corrected chi connectivity index (χ4v) is 5.06. The van der Waals surface area contributed by atoms with E-state index in [2.05, 4.69) is 20.3 Å². The number of amides is 1. The van der Waals surface area contributed by atoms with E-state index in [4.69, 9.17) is 0 Å². The van der Waals surface area contributed by atoms with Gasteiger partial charge in [-0.2, -0.15) is 4.39 Å². The van der Waals surface area contributed by atoms with Crippen molar-refractivity contribution >= 4 is 29.2 Å². The second-order valence-corrected chi connectivity index (χ2v) is 9.72. The molecule has 28 heavy (non-hydrogen) atoms. The van der Waals surface area contributed by atoms with Gasteiger partial charge < -0.3 is 15.4 Å². The zero-order chi connectivity index (χ0) is 20.3. The first-order valence-corrected chi connectivity index (χ1v) is 10.3. The monoisotopic (exact) mass is 420 g/mol. The van der Waals surface area contributed by atoms with Crippen LogP contribution in [0.5, 0.6) is 0 Å². The van der Waals surface area contributed by atoms with Crippen LogP contribution in [-0.4, -0.2) is 32.2 Å². The van der Waals surface area contributed by atoms with Crippen LogP contribution in [0.4, 0.5) is 9.18 Å². The van der Waals surface area contributed by atoms with Gasteiger partial charge in [-0.25, -0.2) is 14.8 Å². The van der Waals surface area contributed by atoms with Crippen molar-refractivity contribution in [3.63, 3.8) is 0 Å². The van der Waals surface area contributed by atoms with E-state index in [1.165, 1.54) is 29.3 Å². The third kappa shape index (κ3) is 4.90. The van der Waals surface area contributed by atoms with Crippen molar-refractivity contribution in [3.05, 3.63) is 47.6 Å². The largest absolute Gasteiger partial charge is 0.465 e. The summed E-state index contributed by atoms with van der Waals surface area (Å²) in [6.07, 6.45) is 4.26. The quantitative estimate of drug-likeness (QED) is 0.486. The number of aromatic amines is 1. The van der Waals surface area contributed by atoms with Gasteiger partial charge in [0.1, 0.15) is 0 Å². The molecule has 3 aromatic heterocycles. The summed E-state index contributed by atoms with van der Waals surface area (Å²) in [7, 11) is 0. The lowest BCUT2D eigenvalue weighted by atomic mass is 9.84. The van der Waals surface area contributed by atoms with E-state index < -0.39 is 12.0 Å². The van der Waals surface area contributed by atoms with Crippen molar-refractivity contribution in [2.45, 2.75) is 42.6 Å². The predicted molar refractivity (Wildman–Crippen MR) is 108 cm³/mol. The number of halogens is 1. The highest BCUT2D eigenvalue weighted by atomic mass is 32.2. The van der Waals surface area contributed by atoms with Crippen LogP contribution in [-0.2, 0) is 6.42 Å². The summed E-state index contributed by atoms with van der Waals surface area (Å²) < 4.78 is 15.2. The Kier molecular flexibility index (Phi) is 6.04. The molecule has 3 aromatic rings. The summed E-state index contributed by atoms with van der Waals surface area (Å²) in [6.45, 7) is 5.96. The van der Waals surface area contributed by atoms with E-state index >= 15 is 0 Å². The van der Waals surface area contributed by atoms with Gasteiger partial charge in [-0.15, -0.1) is 11.3 Å². The molecule has 1 atom stereocenters. The van der Waals surface area contributed by atoms with Crippen LogP contribution in [0, 0.1) is 11.4 Å². The number of pyridine rings is 1. The van der Waals surface area contributed by atoms with Crippen molar-refractivity contribution in [1.82, 2.24) is 20.3 Å². The van der Waals surface area contributed by atoms with Gasteiger partial charge >= 0.3 is 6.09 Å². The standard InChI is InChI=1S/C19H21FN4O2S2/c1-19(2,3)14(24-18(25)26)10-11-9-13(12-5-4-6-21-15(12)20)16(27-11)28-17-22-7-8-23-17/h4-9,14,24H,10H2,1-3H3,(H,22,23)(H,25,26). The van der Waals surface area contributed by atoms with Crippen molar-refractivity contribution in [2.24, 2.45) is 5.41 Å². The predicted octanol–water partition coefficient (Wildman–Crippen LogP) is 5.05. The second kappa shape index (κ2) is 8.32. The summed E-state index contributed by atoms with van der Waals surface area (Å²) in [5, 5.41) is 12.5.